The summed E-state index contributed by atoms with van der Waals surface area (Å²) in [7, 11) is 0. The number of benzene rings is 1. The van der Waals surface area contributed by atoms with E-state index in [0.29, 0.717) is 5.69 Å². The third-order valence-corrected chi connectivity index (χ3v) is 3.28. The number of anilines is 1. The van der Waals surface area contributed by atoms with Crippen molar-refractivity contribution in [3.63, 3.8) is 0 Å². The number of ether oxygens (including phenoxy) is 1. The molecule has 1 unspecified atom stereocenters. The Morgan fingerprint density at radius 3 is 2.43 bits per heavy atom. The number of amides is 2. The molecule has 6 heteroatoms. The van der Waals surface area contributed by atoms with Crippen molar-refractivity contribution in [1.29, 1.82) is 0 Å². The van der Waals surface area contributed by atoms with Crippen LogP contribution in [0.2, 0.25) is 0 Å². The molecule has 0 spiro atoms. The second kappa shape index (κ2) is 7.52. The molecule has 0 saturated carbocycles. The first-order chi connectivity index (χ1) is 9.88. The lowest BCUT2D eigenvalue weighted by Gasteiger charge is -2.20. The van der Waals surface area contributed by atoms with Crippen LogP contribution in [0.1, 0.15) is 44.0 Å². The van der Waals surface area contributed by atoms with Gasteiger partial charge in [0.2, 0.25) is 0 Å². The Hall–Kier alpha value is -2.24. The van der Waals surface area contributed by atoms with E-state index in [-0.39, 0.29) is 23.3 Å². The van der Waals surface area contributed by atoms with Crippen molar-refractivity contribution in [3.8, 4) is 5.75 Å². The van der Waals surface area contributed by atoms with Crippen LogP contribution in [0.4, 0.5) is 5.69 Å². The molecule has 21 heavy (non-hydrogen) atoms. The maximum Gasteiger partial charge on any atom is 0.260 e. The minimum atomic E-state index is -0.745. The number of nitrogen functional groups attached to an aromatic ring is 1. The largest absolute Gasteiger partial charge is 0.480 e. The van der Waals surface area contributed by atoms with Crippen molar-refractivity contribution in [2.24, 2.45) is 5.73 Å². The minimum absolute atomic E-state index is 0.111. The van der Waals surface area contributed by atoms with Gasteiger partial charge in [0.1, 0.15) is 5.75 Å². The van der Waals surface area contributed by atoms with Crippen LogP contribution in [0.5, 0.6) is 5.75 Å². The van der Waals surface area contributed by atoms with Gasteiger partial charge in [-0.1, -0.05) is 13.8 Å². The van der Waals surface area contributed by atoms with E-state index in [9.17, 15) is 9.59 Å². The average molecular weight is 293 g/mol. The minimum Gasteiger partial charge on any atom is -0.480 e. The van der Waals surface area contributed by atoms with Gasteiger partial charge in [-0.2, -0.15) is 0 Å². The van der Waals surface area contributed by atoms with E-state index in [1.807, 2.05) is 13.8 Å². The summed E-state index contributed by atoms with van der Waals surface area (Å²) in [6.07, 6.45) is 0.949. The number of nitrogens with one attached hydrogen (secondary N) is 1. The number of hydrogen-bond donors (Lipinski definition) is 3. The fraction of sp³-hybridized carbons (Fsp3) is 0.467. The first-order valence-corrected chi connectivity index (χ1v) is 7.05. The lowest BCUT2D eigenvalue weighted by Crippen LogP contribution is -2.42. The van der Waals surface area contributed by atoms with Crippen molar-refractivity contribution in [2.75, 3.05) is 5.73 Å². The zero-order chi connectivity index (χ0) is 16.0. The molecule has 0 aromatic heterocycles. The van der Waals surface area contributed by atoms with Crippen LogP contribution in [0.25, 0.3) is 0 Å². The molecule has 1 aromatic carbocycles. The van der Waals surface area contributed by atoms with E-state index in [1.54, 1.807) is 13.0 Å². The summed E-state index contributed by atoms with van der Waals surface area (Å²) in [6.45, 7) is 5.62. The molecule has 0 radical (unpaired) electrons. The highest BCUT2D eigenvalue weighted by Gasteiger charge is 2.20. The molecule has 0 aliphatic heterocycles. The number of rotatable bonds is 7. The van der Waals surface area contributed by atoms with Crippen molar-refractivity contribution < 1.29 is 14.3 Å². The highest BCUT2D eigenvalue weighted by Crippen LogP contribution is 2.22. The highest BCUT2D eigenvalue weighted by molar-refractivity contribution is 5.96. The molecule has 0 aliphatic carbocycles. The van der Waals surface area contributed by atoms with Crippen molar-refractivity contribution >= 4 is 17.5 Å². The van der Waals surface area contributed by atoms with Crippen LogP contribution in [-0.2, 0) is 4.79 Å². The summed E-state index contributed by atoms with van der Waals surface area (Å²) in [5.41, 5.74) is 11.6. The summed E-state index contributed by atoms with van der Waals surface area (Å²) in [5.74, 6) is -0.645. The molecule has 2 amide bonds. The fourth-order valence-electron chi connectivity index (χ4n) is 1.90. The van der Waals surface area contributed by atoms with Crippen LogP contribution < -0.4 is 21.5 Å². The summed E-state index contributed by atoms with van der Waals surface area (Å²) in [6, 6.07) is 4.64. The molecular formula is C15H23N3O3. The SMILES string of the molecule is CCC(CC)NC(=O)C(C)Oc1cc(N)ccc1C(N)=O. The second-order valence-corrected chi connectivity index (χ2v) is 4.90. The molecule has 116 valence electrons. The number of carbonyl (C=O) groups is 2. The average Bonchev–Trinajstić information content (AvgIpc) is 2.44. The zero-order valence-corrected chi connectivity index (χ0v) is 12.7. The Morgan fingerprint density at radius 2 is 1.90 bits per heavy atom. The van der Waals surface area contributed by atoms with Gasteiger partial charge in [-0.15, -0.1) is 0 Å². The van der Waals surface area contributed by atoms with Gasteiger partial charge in [-0.25, -0.2) is 0 Å². The normalized spacial score (nSPS) is 12.0. The number of carbonyl (C=O) groups excluding carboxylic acids is 2. The van der Waals surface area contributed by atoms with Gasteiger partial charge in [-0.05, 0) is 31.9 Å². The monoisotopic (exact) mass is 293 g/mol. The second-order valence-electron chi connectivity index (χ2n) is 4.90. The first kappa shape index (κ1) is 16.8. The molecule has 5 N–H and O–H groups in total. The molecule has 0 saturated heterocycles. The van der Waals surface area contributed by atoms with Crippen LogP contribution in [0.15, 0.2) is 18.2 Å². The molecule has 0 heterocycles. The molecular weight excluding hydrogens is 270 g/mol. The number of nitrogens with two attached hydrogens (primary N) is 2. The third-order valence-electron chi connectivity index (χ3n) is 3.28. The predicted molar refractivity (Wildman–Crippen MR) is 82.0 cm³/mol. The smallest absolute Gasteiger partial charge is 0.260 e. The summed E-state index contributed by atoms with van der Waals surface area (Å²) >= 11 is 0. The third kappa shape index (κ3) is 4.66. The molecule has 1 rings (SSSR count). The van der Waals surface area contributed by atoms with Crippen molar-refractivity contribution in [2.45, 2.75) is 45.8 Å². The van der Waals surface area contributed by atoms with Gasteiger partial charge in [-0.3, -0.25) is 9.59 Å². The van der Waals surface area contributed by atoms with Crippen LogP contribution in [0, 0.1) is 0 Å². The topological polar surface area (TPSA) is 107 Å². The molecule has 0 fully saturated rings. The summed E-state index contributed by atoms with van der Waals surface area (Å²) in [5, 5.41) is 2.89. The van der Waals surface area contributed by atoms with E-state index in [0.717, 1.165) is 12.8 Å². The number of hydrogen-bond acceptors (Lipinski definition) is 4. The van der Waals surface area contributed by atoms with Crippen LogP contribution >= 0.6 is 0 Å². The first-order valence-electron chi connectivity index (χ1n) is 7.05. The van der Waals surface area contributed by atoms with E-state index in [4.69, 9.17) is 16.2 Å². The quantitative estimate of drug-likeness (QED) is 0.661. The Morgan fingerprint density at radius 1 is 1.29 bits per heavy atom. The Labute approximate surface area is 124 Å². The standard InChI is InChI=1S/C15H23N3O3/c1-4-11(5-2)18-15(20)9(3)21-13-8-10(16)6-7-12(13)14(17)19/h6-9,11H,4-5,16H2,1-3H3,(H2,17,19)(H,18,20). The van der Waals surface area contributed by atoms with Gasteiger partial charge in [0.05, 0.1) is 5.56 Å². The Balaban J connectivity index is 2.83. The lowest BCUT2D eigenvalue weighted by atomic mass is 10.1. The van der Waals surface area contributed by atoms with Crippen molar-refractivity contribution in [1.82, 2.24) is 5.32 Å². The maximum atomic E-state index is 12.1. The van der Waals surface area contributed by atoms with Gasteiger partial charge in [0.25, 0.3) is 11.8 Å². The van der Waals surface area contributed by atoms with Crippen molar-refractivity contribution in [3.05, 3.63) is 23.8 Å². The molecule has 1 atom stereocenters. The fourth-order valence-corrected chi connectivity index (χ4v) is 1.90. The molecule has 0 aliphatic rings. The molecule has 1 aromatic rings. The summed E-state index contributed by atoms with van der Waals surface area (Å²) in [4.78, 5) is 23.4. The predicted octanol–water partition coefficient (Wildman–Crippen LogP) is 1.44. The summed E-state index contributed by atoms with van der Waals surface area (Å²) < 4.78 is 5.55. The van der Waals surface area contributed by atoms with Crippen LogP contribution in [-0.4, -0.2) is 24.0 Å². The highest BCUT2D eigenvalue weighted by atomic mass is 16.5. The zero-order valence-electron chi connectivity index (χ0n) is 12.7. The Bertz CT molecular complexity index is 513. The van der Waals surface area contributed by atoms with E-state index >= 15 is 0 Å². The molecule has 6 nitrogen and oxygen atoms in total. The van der Waals surface area contributed by atoms with Gasteiger partial charge >= 0.3 is 0 Å². The van der Waals surface area contributed by atoms with Crippen LogP contribution in [0.3, 0.4) is 0 Å². The van der Waals surface area contributed by atoms with Gasteiger partial charge in [0, 0.05) is 17.8 Å². The van der Waals surface area contributed by atoms with E-state index < -0.39 is 12.0 Å². The maximum absolute atomic E-state index is 12.1. The van der Waals surface area contributed by atoms with Gasteiger partial charge < -0.3 is 21.5 Å². The lowest BCUT2D eigenvalue weighted by molar-refractivity contribution is -0.128. The number of primary amides is 1. The Kier molecular flexibility index (Phi) is 6.02. The van der Waals surface area contributed by atoms with Gasteiger partial charge in [0.15, 0.2) is 6.10 Å². The van der Waals surface area contributed by atoms with E-state index in [1.165, 1.54) is 12.1 Å². The van der Waals surface area contributed by atoms with E-state index in [2.05, 4.69) is 5.32 Å². The molecule has 0 bridgehead atoms.